The molecule has 1 aromatic carbocycles. The van der Waals surface area contributed by atoms with Crippen LogP contribution >= 0.6 is 0 Å². The Morgan fingerprint density at radius 1 is 1.38 bits per heavy atom. The first-order valence-electron chi connectivity index (χ1n) is 8.22. The number of rotatable bonds is 5. The number of nitrogens with one attached hydrogen (secondary N) is 3. The summed E-state index contributed by atoms with van der Waals surface area (Å²) in [7, 11) is 0. The molecule has 3 heterocycles. The van der Waals surface area contributed by atoms with Crippen LogP contribution in [0.2, 0.25) is 0 Å². The largest absolute Gasteiger partial charge is 0.356 e. The summed E-state index contributed by atoms with van der Waals surface area (Å²) in [6.45, 7) is 2.79. The lowest BCUT2D eigenvalue weighted by Crippen LogP contribution is -2.37. The van der Waals surface area contributed by atoms with Crippen LogP contribution in [0.1, 0.15) is 17.4 Å². The monoisotopic (exact) mass is 354 g/mol. The van der Waals surface area contributed by atoms with Crippen molar-refractivity contribution >= 4 is 5.91 Å². The van der Waals surface area contributed by atoms with Crippen molar-refractivity contribution in [2.75, 3.05) is 6.54 Å². The summed E-state index contributed by atoms with van der Waals surface area (Å²) >= 11 is 0. The standard InChI is InChI=1S/C16H18N8O2/c1-10-2-4-11(5-3-10)14-6-12(21-26-14)7-17-16(25)13-8-18-20-15(13)24-9-19-22-23-24/h2-6,9,13,15,18,20H,7-8H2,1H3,(H,17,25). The number of carbonyl (C=O) groups is 1. The number of aryl methyl sites for hydroxylation is 1. The molecule has 0 spiro atoms. The number of nitrogens with zero attached hydrogens (tertiary/aromatic N) is 5. The van der Waals surface area contributed by atoms with E-state index in [1.807, 2.05) is 37.3 Å². The van der Waals surface area contributed by atoms with Crippen molar-refractivity contribution in [2.24, 2.45) is 5.92 Å². The van der Waals surface area contributed by atoms with Crippen molar-refractivity contribution in [3.05, 3.63) is 47.9 Å². The van der Waals surface area contributed by atoms with Crippen LogP contribution in [0.5, 0.6) is 0 Å². The molecule has 0 radical (unpaired) electrons. The molecule has 0 bridgehead atoms. The highest BCUT2D eigenvalue weighted by Crippen LogP contribution is 2.21. The Labute approximate surface area is 148 Å². The molecule has 1 amide bonds. The van der Waals surface area contributed by atoms with Crippen molar-refractivity contribution < 1.29 is 9.32 Å². The third-order valence-corrected chi connectivity index (χ3v) is 4.28. The Kier molecular flexibility index (Phi) is 4.42. The van der Waals surface area contributed by atoms with E-state index in [0.717, 1.165) is 5.56 Å². The second kappa shape index (κ2) is 7.02. The number of tetrazole rings is 1. The molecule has 10 nitrogen and oxygen atoms in total. The van der Waals surface area contributed by atoms with Gasteiger partial charge in [0.05, 0.1) is 12.5 Å². The fraction of sp³-hybridized carbons (Fsp3) is 0.312. The van der Waals surface area contributed by atoms with Gasteiger partial charge < -0.3 is 9.84 Å². The summed E-state index contributed by atoms with van der Waals surface area (Å²) in [5, 5.41) is 17.9. The molecule has 10 heteroatoms. The van der Waals surface area contributed by atoms with Gasteiger partial charge in [-0.15, -0.1) is 5.10 Å². The van der Waals surface area contributed by atoms with Crippen molar-refractivity contribution in [3.63, 3.8) is 0 Å². The smallest absolute Gasteiger partial charge is 0.228 e. The minimum atomic E-state index is -0.345. The number of benzene rings is 1. The van der Waals surface area contributed by atoms with Crippen molar-refractivity contribution in [3.8, 4) is 11.3 Å². The molecule has 2 unspecified atom stereocenters. The average molecular weight is 354 g/mol. The van der Waals surface area contributed by atoms with Crippen molar-refractivity contribution in [1.82, 2.24) is 41.5 Å². The van der Waals surface area contributed by atoms with Crippen LogP contribution in [-0.4, -0.2) is 37.8 Å². The van der Waals surface area contributed by atoms with Gasteiger partial charge in [0.1, 0.15) is 18.2 Å². The van der Waals surface area contributed by atoms with Gasteiger partial charge in [-0.05, 0) is 17.4 Å². The van der Waals surface area contributed by atoms with Crippen LogP contribution in [0.3, 0.4) is 0 Å². The number of hydrogen-bond donors (Lipinski definition) is 3. The molecule has 134 valence electrons. The first-order valence-corrected chi connectivity index (χ1v) is 8.22. The SMILES string of the molecule is Cc1ccc(-c2cc(CNC(=O)C3CNNC3n3cnnn3)no2)cc1. The molecule has 3 N–H and O–H groups in total. The molecular weight excluding hydrogens is 336 g/mol. The first kappa shape index (κ1) is 16.4. The first-order chi connectivity index (χ1) is 12.7. The molecule has 1 saturated heterocycles. The zero-order chi connectivity index (χ0) is 17.9. The van der Waals surface area contributed by atoms with Crippen LogP contribution < -0.4 is 16.2 Å². The minimum absolute atomic E-state index is 0.122. The van der Waals surface area contributed by atoms with Crippen LogP contribution in [0.25, 0.3) is 11.3 Å². The number of aromatic nitrogens is 5. The summed E-state index contributed by atoms with van der Waals surface area (Å²) in [5.41, 5.74) is 8.74. The van der Waals surface area contributed by atoms with E-state index < -0.39 is 0 Å². The Morgan fingerprint density at radius 3 is 3.00 bits per heavy atom. The summed E-state index contributed by atoms with van der Waals surface area (Å²) in [6, 6.07) is 9.81. The molecule has 26 heavy (non-hydrogen) atoms. The Bertz CT molecular complexity index is 874. The van der Waals surface area contributed by atoms with E-state index in [1.165, 1.54) is 16.6 Å². The van der Waals surface area contributed by atoms with E-state index in [-0.39, 0.29) is 24.5 Å². The van der Waals surface area contributed by atoms with Gasteiger partial charge >= 0.3 is 0 Å². The molecule has 2 atom stereocenters. The van der Waals surface area contributed by atoms with Crippen LogP contribution in [0.15, 0.2) is 41.2 Å². The number of hydrazine groups is 1. The van der Waals surface area contributed by atoms with Crippen LogP contribution in [-0.2, 0) is 11.3 Å². The Morgan fingerprint density at radius 2 is 2.23 bits per heavy atom. The van der Waals surface area contributed by atoms with Gasteiger partial charge in [0.15, 0.2) is 5.76 Å². The predicted octanol–water partition coefficient (Wildman–Crippen LogP) is 0.176. The van der Waals surface area contributed by atoms with Gasteiger partial charge in [0.25, 0.3) is 0 Å². The third-order valence-electron chi connectivity index (χ3n) is 4.28. The molecular formula is C16H18N8O2. The van der Waals surface area contributed by atoms with Gasteiger partial charge in [0, 0.05) is 18.2 Å². The summed E-state index contributed by atoms with van der Waals surface area (Å²) in [6.07, 6.45) is 1.13. The fourth-order valence-corrected chi connectivity index (χ4v) is 2.83. The molecule has 4 rings (SSSR count). The number of carbonyl (C=O) groups excluding carboxylic acids is 1. The predicted molar refractivity (Wildman–Crippen MR) is 90.0 cm³/mol. The molecule has 1 aliphatic heterocycles. The second-order valence-corrected chi connectivity index (χ2v) is 6.13. The lowest BCUT2D eigenvalue weighted by molar-refractivity contribution is -0.125. The Balaban J connectivity index is 1.38. The van der Waals surface area contributed by atoms with Gasteiger partial charge in [-0.25, -0.2) is 10.1 Å². The van der Waals surface area contributed by atoms with E-state index >= 15 is 0 Å². The molecule has 1 aliphatic rings. The average Bonchev–Trinajstić information content (AvgIpc) is 3.40. The zero-order valence-corrected chi connectivity index (χ0v) is 14.1. The summed E-state index contributed by atoms with van der Waals surface area (Å²) < 4.78 is 6.88. The normalized spacial score (nSPS) is 19.6. The molecule has 1 fully saturated rings. The van der Waals surface area contributed by atoms with E-state index in [0.29, 0.717) is 18.0 Å². The van der Waals surface area contributed by atoms with Gasteiger partial charge in [-0.3, -0.25) is 10.2 Å². The summed E-state index contributed by atoms with van der Waals surface area (Å²) in [5.74, 6) is 0.204. The van der Waals surface area contributed by atoms with Crippen molar-refractivity contribution in [1.29, 1.82) is 0 Å². The lowest BCUT2D eigenvalue weighted by Gasteiger charge is -2.16. The third kappa shape index (κ3) is 3.32. The van der Waals surface area contributed by atoms with E-state index in [4.69, 9.17) is 4.52 Å². The van der Waals surface area contributed by atoms with Gasteiger partial charge in [0.2, 0.25) is 5.91 Å². The zero-order valence-electron chi connectivity index (χ0n) is 14.1. The number of amides is 1. The highest BCUT2D eigenvalue weighted by atomic mass is 16.5. The molecule has 0 aliphatic carbocycles. The maximum absolute atomic E-state index is 12.5. The highest BCUT2D eigenvalue weighted by Gasteiger charge is 2.34. The van der Waals surface area contributed by atoms with Gasteiger partial charge in [-0.2, -0.15) is 0 Å². The second-order valence-electron chi connectivity index (χ2n) is 6.13. The Hall–Kier alpha value is -3.11. The van der Waals surface area contributed by atoms with E-state index in [2.05, 4.69) is 36.9 Å². The molecule has 0 saturated carbocycles. The van der Waals surface area contributed by atoms with Crippen LogP contribution in [0.4, 0.5) is 0 Å². The van der Waals surface area contributed by atoms with Crippen LogP contribution in [0, 0.1) is 12.8 Å². The van der Waals surface area contributed by atoms with Crippen molar-refractivity contribution in [2.45, 2.75) is 19.6 Å². The fourth-order valence-electron chi connectivity index (χ4n) is 2.83. The summed E-state index contributed by atoms with van der Waals surface area (Å²) in [4.78, 5) is 12.5. The van der Waals surface area contributed by atoms with E-state index in [1.54, 1.807) is 0 Å². The number of hydrogen-bond acceptors (Lipinski definition) is 8. The maximum atomic E-state index is 12.5. The maximum Gasteiger partial charge on any atom is 0.228 e. The topological polar surface area (TPSA) is 123 Å². The molecule has 2 aromatic heterocycles. The lowest BCUT2D eigenvalue weighted by atomic mass is 10.1. The van der Waals surface area contributed by atoms with Gasteiger partial charge in [-0.1, -0.05) is 35.0 Å². The quantitative estimate of drug-likeness (QED) is 0.593. The highest BCUT2D eigenvalue weighted by molar-refractivity contribution is 5.79. The molecule has 3 aromatic rings. The van der Waals surface area contributed by atoms with E-state index in [9.17, 15) is 4.79 Å². The minimum Gasteiger partial charge on any atom is -0.356 e.